The predicted molar refractivity (Wildman–Crippen MR) is 132 cm³/mol. The van der Waals surface area contributed by atoms with Crippen LogP contribution in [0.1, 0.15) is 98.8 Å². The minimum Gasteiger partial charge on any atom is -0.486 e. The number of hydrogen-bond acceptors (Lipinski definition) is 6. The van der Waals surface area contributed by atoms with Gasteiger partial charge in [0.2, 0.25) is 0 Å². The number of rotatable bonds is 6. The summed E-state index contributed by atoms with van der Waals surface area (Å²) in [6.07, 6.45) is 9.13. The van der Waals surface area contributed by atoms with Crippen molar-refractivity contribution in [2.45, 2.75) is 89.3 Å². The number of benzene rings is 1. The summed E-state index contributed by atoms with van der Waals surface area (Å²) in [5, 5.41) is 0. The highest BCUT2D eigenvalue weighted by molar-refractivity contribution is 6.06. The third-order valence-corrected chi connectivity index (χ3v) is 8.49. The monoisotopic (exact) mass is 468 g/mol. The summed E-state index contributed by atoms with van der Waals surface area (Å²) in [7, 11) is 0. The number of unbranched alkanes of at least 4 members (excludes halogenated alkanes) is 2. The van der Waals surface area contributed by atoms with Gasteiger partial charge in [-0.05, 0) is 32.0 Å². The maximum atomic E-state index is 13.2. The molecule has 34 heavy (non-hydrogen) atoms. The molecule has 0 saturated carbocycles. The fraction of sp³-hybridized carbons (Fsp3) is 0.714. The van der Waals surface area contributed by atoms with Crippen molar-refractivity contribution in [3.63, 3.8) is 0 Å². The van der Waals surface area contributed by atoms with Gasteiger partial charge in [0.15, 0.2) is 11.6 Å². The summed E-state index contributed by atoms with van der Waals surface area (Å²) in [5.74, 6) is 1.43. The number of carbonyl (C=O) groups is 2. The van der Waals surface area contributed by atoms with Crippen LogP contribution in [0.15, 0.2) is 12.1 Å². The molecule has 0 N–H and O–H groups in total. The van der Waals surface area contributed by atoms with Gasteiger partial charge in [-0.15, -0.1) is 0 Å². The first-order valence-electron chi connectivity index (χ1n) is 13.5. The van der Waals surface area contributed by atoms with E-state index < -0.39 is 11.2 Å². The Balaban J connectivity index is 1.32. The summed E-state index contributed by atoms with van der Waals surface area (Å²) in [6, 6.07) is 3.61. The number of ketones is 2. The molecule has 5 rings (SSSR count). The van der Waals surface area contributed by atoms with Crippen LogP contribution in [0.4, 0.5) is 0 Å². The van der Waals surface area contributed by atoms with E-state index in [1.54, 1.807) is 6.07 Å². The van der Waals surface area contributed by atoms with Gasteiger partial charge in [-0.1, -0.05) is 26.7 Å². The second-order valence-corrected chi connectivity index (χ2v) is 11.0. The lowest BCUT2D eigenvalue weighted by Gasteiger charge is -2.46. The molecule has 1 aromatic carbocycles. The normalized spacial score (nSPS) is 23.9. The molecule has 2 saturated heterocycles. The van der Waals surface area contributed by atoms with E-state index in [0.29, 0.717) is 35.5 Å². The topological polar surface area (TPSA) is 59.1 Å². The fourth-order valence-electron chi connectivity index (χ4n) is 6.17. The van der Waals surface area contributed by atoms with E-state index in [1.807, 2.05) is 6.07 Å². The second kappa shape index (κ2) is 9.62. The first-order valence-corrected chi connectivity index (χ1v) is 13.5. The molecular formula is C28H40N2O4. The maximum Gasteiger partial charge on any atom is 0.170 e. The van der Waals surface area contributed by atoms with Crippen LogP contribution in [-0.4, -0.2) is 71.8 Å². The first-order chi connectivity index (χ1) is 16.4. The van der Waals surface area contributed by atoms with E-state index in [0.717, 1.165) is 65.0 Å². The summed E-state index contributed by atoms with van der Waals surface area (Å²) in [5.41, 5.74) is 0.282. The van der Waals surface area contributed by atoms with Crippen molar-refractivity contribution in [2.75, 3.05) is 39.3 Å². The van der Waals surface area contributed by atoms with E-state index in [2.05, 4.69) is 23.6 Å². The Kier molecular flexibility index (Phi) is 6.73. The summed E-state index contributed by atoms with van der Waals surface area (Å²) in [4.78, 5) is 31.3. The molecule has 2 fully saturated rings. The number of nitrogens with zero attached hydrogens (tertiary/aromatic N) is 2. The molecule has 1 aromatic rings. The van der Waals surface area contributed by atoms with Crippen molar-refractivity contribution >= 4 is 11.6 Å². The lowest BCUT2D eigenvalue weighted by atomic mass is 9.80. The molecule has 0 aromatic heterocycles. The Bertz CT molecular complexity index is 855. The summed E-state index contributed by atoms with van der Waals surface area (Å²) >= 11 is 0. The van der Waals surface area contributed by atoms with Gasteiger partial charge in [-0.25, -0.2) is 0 Å². The number of piperidine rings is 2. The summed E-state index contributed by atoms with van der Waals surface area (Å²) in [6.45, 7) is 10.6. The van der Waals surface area contributed by atoms with Crippen molar-refractivity contribution in [1.29, 1.82) is 0 Å². The van der Waals surface area contributed by atoms with E-state index in [9.17, 15) is 9.59 Å². The third-order valence-electron chi connectivity index (χ3n) is 8.49. The van der Waals surface area contributed by atoms with Gasteiger partial charge < -0.3 is 19.3 Å². The van der Waals surface area contributed by atoms with Crippen molar-refractivity contribution in [3.8, 4) is 11.5 Å². The van der Waals surface area contributed by atoms with E-state index in [1.165, 1.54) is 25.7 Å². The van der Waals surface area contributed by atoms with E-state index >= 15 is 0 Å². The SMILES string of the molecule is CCCCN1CCC2(CC1)CC(=O)c1cc3c(cc1O2)OC1(CCN(CCCC)CC1)CC3=O. The van der Waals surface area contributed by atoms with Crippen molar-refractivity contribution < 1.29 is 19.1 Å². The molecule has 0 atom stereocenters. The molecule has 0 amide bonds. The van der Waals surface area contributed by atoms with Crippen LogP contribution in [0.25, 0.3) is 0 Å². The Morgan fingerprint density at radius 2 is 1.12 bits per heavy atom. The average molecular weight is 469 g/mol. The number of likely N-dealkylation sites (tertiary alicyclic amines) is 2. The highest BCUT2D eigenvalue weighted by Crippen LogP contribution is 2.46. The van der Waals surface area contributed by atoms with Gasteiger partial charge in [0.25, 0.3) is 0 Å². The maximum absolute atomic E-state index is 13.2. The van der Waals surface area contributed by atoms with Gasteiger partial charge in [0, 0.05) is 57.9 Å². The van der Waals surface area contributed by atoms with Crippen LogP contribution in [0.3, 0.4) is 0 Å². The molecule has 2 spiro atoms. The zero-order valence-electron chi connectivity index (χ0n) is 21.0. The summed E-state index contributed by atoms with van der Waals surface area (Å²) < 4.78 is 13.2. The van der Waals surface area contributed by atoms with Gasteiger partial charge in [0.1, 0.15) is 22.7 Å². The number of Topliss-reactive ketones (excluding diaryl/α,β-unsaturated/α-hetero) is 2. The van der Waals surface area contributed by atoms with Gasteiger partial charge >= 0.3 is 0 Å². The number of carbonyl (C=O) groups excluding carboxylic acids is 2. The molecule has 6 nitrogen and oxygen atoms in total. The van der Waals surface area contributed by atoms with E-state index in [4.69, 9.17) is 9.47 Å². The van der Waals surface area contributed by atoms with Crippen LogP contribution in [0.2, 0.25) is 0 Å². The van der Waals surface area contributed by atoms with Crippen LogP contribution in [0.5, 0.6) is 11.5 Å². The number of hydrogen-bond donors (Lipinski definition) is 0. The Hall–Kier alpha value is -1.92. The molecule has 4 aliphatic heterocycles. The van der Waals surface area contributed by atoms with Crippen molar-refractivity contribution in [1.82, 2.24) is 9.80 Å². The quantitative estimate of drug-likeness (QED) is 0.593. The molecule has 4 aliphatic rings. The van der Waals surface area contributed by atoms with Gasteiger partial charge in [-0.3, -0.25) is 9.59 Å². The molecule has 0 unspecified atom stereocenters. The average Bonchev–Trinajstić information content (AvgIpc) is 2.83. The first kappa shape index (κ1) is 23.8. The minimum absolute atomic E-state index is 0.100. The lowest BCUT2D eigenvalue weighted by Crippen LogP contribution is -2.52. The van der Waals surface area contributed by atoms with E-state index in [-0.39, 0.29) is 11.6 Å². The zero-order chi connectivity index (χ0) is 23.8. The lowest BCUT2D eigenvalue weighted by molar-refractivity contribution is -0.0145. The van der Waals surface area contributed by atoms with Crippen LogP contribution < -0.4 is 9.47 Å². The highest BCUT2D eigenvalue weighted by Gasteiger charge is 2.46. The Labute approximate surface area is 204 Å². The third kappa shape index (κ3) is 4.64. The standard InChI is InChI=1S/C28H40N2O4/c1-3-5-11-29-13-7-27(8-14-29)19-23(31)21-17-22-24(32)20-28(34-26(22)18-25(21)33-27)9-15-30(16-10-28)12-6-4-2/h17-18H,3-16,19-20H2,1-2H3. The molecule has 0 aliphatic carbocycles. The molecular weight excluding hydrogens is 428 g/mol. The molecule has 0 radical (unpaired) electrons. The van der Waals surface area contributed by atoms with Gasteiger partial charge in [0.05, 0.1) is 24.0 Å². The second-order valence-electron chi connectivity index (χ2n) is 11.0. The fourth-order valence-corrected chi connectivity index (χ4v) is 6.17. The number of fused-ring (bicyclic) bond motifs is 2. The smallest absolute Gasteiger partial charge is 0.170 e. The predicted octanol–water partition coefficient (Wildman–Crippen LogP) is 4.89. The molecule has 4 heterocycles. The van der Waals surface area contributed by atoms with Crippen molar-refractivity contribution in [2.24, 2.45) is 0 Å². The zero-order valence-corrected chi connectivity index (χ0v) is 21.0. The molecule has 6 heteroatoms. The van der Waals surface area contributed by atoms with Crippen LogP contribution >= 0.6 is 0 Å². The Morgan fingerprint density at radius 1 is 0.706 bits per heavy atom. The van der Waals surface area contributed by atoms with Crippen molar-refractivity contribution in [3.05, 3.63) is 23.3 Å². The van der Waals surface area contributed by atoms with Crippen LogP contribution in [-0.2, 0) is 0 Å². The van der Waals surface area contributed by atoms with Crippen LogP contribution in [0, 0.1) is 0 Å². The minimum atomic E-state index is -0.415. The largest absolute Gasteiger partial charge is 0.486 e. The molecule has 186 valence electrons. The Morgan fingerprint density at radius 3 is 1.50 bits per heavy atom. The van der Waals surface area contributed by atoms with Gasteiger partial charge in [-0.2, -0.15) is 0 Å². The highest BCUT2D eigenvalue weighted by atomic mass is 16.5. The number of ether oxygens (including phenoxy) is 2. The molecule has 0 bridgehead atoms.